The van der Waals surface area contributed by atoms with Gasteiger partial charge in [0.05, 0.1) is 18.8 Å². The lowest BCUT2D eigenvalue weighted by atomic mass is 10.1. The average molecular weight is 616 g/mol. The van der Waals surface area contributed by atoms with Crippen molar-refractivity contribution in [2.45, 2.75) is 50.0 Å². The summed E-state index contributed by atoms with van der Waals surface area (Å²) >= 11 is 1.52. The van der Waals surface area contributed by atoms with Crippen LogP contribution in [0.3, 0.4) is 0 Å². The number of rotatable bonds is 12. The maximum absolute atomic E-state index is 13.1. The highest BCUT2D eigenvalue weighted by atomic mass is 32.2. The van der Waals surface area contributed by atoms with Crippen molar-refractivity contribution in [1.82, 2.24) is 15.2 Å². The van der Waals surface area contributed by atoms with Crippen molar-refractivity contribution in [2.75, 3.05) is 25.2 Å². The summed E-state index contributed by atoms with van der Waals surface area (Å²) in [4.78, 5) is 51.8. The van der Waals surface area contributed by atoms with Gasteiger partial charge in [0, 0.05) is 19.2 Å². The molecule has 2 amide bonds. The van der Waals surface area contributed by atoms with Crippen LogP contribution < -0.4 is 10.1 Å². The largest absolute Gasteiger partial charge is 0.490 e. The highest BCUT2D eigenvalue weighted by Crippen LogP contribution is 2.21. The van der Waals surface area contributed by atoms with Gasteiger partial charge in [-0.3, -0.25) is 9.78 Å². The van der Waals surface area contributed by atoms with Gasteiger partial charge in [-0.25, -0.2) is 14.4 Å². The maximum Gasteiger partial charge on any atom is 0.490 e. The van der Waals surface area contributed by atoms with Crippen LogP contribution in [0, 0.1) is 0 Å². The fourth-order valence-electron chi connectivity index (χ4n) is 3.86. The van der Waals surface area contributed by atoms with Crippen LogP contribution >= 0.6 is 11.8 Å². The number of nitrogens with one attached hydrogen (secondary N) is 1. The molecular weight excluding hydrogens is 583 g/mol. The molecule has 1 aliphatic rings. The molecule has 0 spiro atoms. The summed E-state index contributed by atoms with van der Waals surface area (Å²) in [6.07, 6.45) is 0.587. The van der Waals surface area contributed by atoms with Crippen molar-refractivity contribution in [2.24, 2.45) is 0 Å². The van der Waals surface area contributed by atoms with Crippen molar-refractivity contribution >= 4 is 35.7 Å². The van der Waals surface area contributed by atoms with Crippen molar-refractivity contribution < 1.29 is 52.0 Å². The topological polar surface area (TPSA) is 155 Å². The summed E-state index contributed by atoms with van der Waals surface area (Å²) in [5.74, 6) is -3.35. The number of nitrogens with zero attached hydrogens (tertiary/aromatic N) is 2. The Balaban J connectivity index is 0.000000782. The molecule has 3 N–H and O–H groups in total. The molecule has 11 nitrogen and oxygen atoms in total. The third-order valence-corrected chi connectivity index (χ3v) is 6.61. The summed E-state index contributed by atoms with van der Waals surface area (Å²) in [5.41, 5.74) is 0.892. The van der Waals surface area contributed by atoms with Crippen LogP contribution in [0.15, 0.2) is 54.9 Å². The monoisotopic (exact) mass is 615 g/mol. The summed E-state index contributed by atoms with van der Waals surface area (Å²) in [5, 5.41) is 19.3. The molecule has 1 aromatic carbocycles. The number of alkyl halides is 3. The van der Waals surface area contributed by atoms with Crippen LogP contribution in [-0.2, 0) is 25.5 Å². The van der Waals surface area contributed by atoms with E-state index >= 15 is 0 Å². The maximum atomic E-state index is 13.1. The zero-order valence-electron chi connectivity index (χ0n) is 22.7. The minimum absolute atomic E-state index is 0.135. The number of carbonyl (C=O) groups is 4. The van der Waals surface area contributed by atoms with E-state index < -0.39 is 42.3 Å². The van der Waals surface area contributed by atoms with E-state index in [-0.39, 0.29) is 19.1 Å². The number of hydrogen-bond acceptors (Lipinski definition) is 8. The average Bonchev–Trinajstić information content (AvgIpc) is 3.43. The van der Waals surface area contributed by atoms with Crippen molar-refractivity contribution in [1.29, 1.82) is 0 Å². The van der Waals surface area contributed by atoms with E-state index in [9.17, 15) is 32.7 Å². The van der Waals surface area contributed by atoms with Gasteiger partial charge in [-0.05, 0) is 49.0 Å². The quantitative estimate of drug-likeness (QED) is 0.322. The Morgan fingerprint density at radius 1 is 1.14 bits per heavy atom. The Labute approximate surface area is 244 Å². The molecule has 1 aromatic heterocycles. The molecule has 0 radical (unpaired) electrons. The van der Waals surface area contributed by atoms with E-state index in [4.69, 9.17) is 19.4 Å². The highest BCUT2D eigenvalue weighted by molar-refractivity contribution is 7.98. The van der Waals surface area contributed by atoms with Gasteiger partial charge in [-0.15, -0.1) is 0 Å². The zero-order chi connectivity index (χ0) is 31.1. The molecule has 1 fully saturated rings. The van der Waals surface area contributed by atoms with Crippen LogP contribution in [0.1, 0.15) is 24.8 Å². The van der Waals surface area contributed by atoms with Crippen LogP contribution in [0.2, 0.25) is 0 Å². The Morgan fingerprint density at radius 3 is 2.40 bits per heavy atom. The standard InChI is InChI=1S/C25H31N3O6S.C2HF3O2/c1-35-14-11-21(24(30)31)27-23(29)22(15-18-7-3-2-4-8-18)33-17-19-9-6-13-28(19)25(32)34-20-10-5-12-26-16-20;3-2(4,5)1(6)7/h2-5,7-8,10,12,16,19,21-22H,6,9,11,13-15,17H2,1H3,(H,27,29)(H,30,31);(H,6,7)/t19-,21-,22?;/m0./s1. The highest BCUT2D eigenvalue weighted by Gasteiger charge is 2.38. The Bertz CT molecular complexity index is 1160. The second-order valence-electron chi connectivity index (χ2n) is 9.04. The Kier molecular flexibility index (Phi) is 14.1. The first-order chi connectivity index (χ1) is 19.9. The smallest absolute Gasteiger partial charge is 0.480 e. The molecule has 3 rings (SSSR count). The minimum Gasteiger partial charge on any atom is -0.480 e. The SMILES string of the molecule is CSCC[C@H](NC(=O)C(Cc1ccccc1)OC[C@@H]1CCCN1C(=O)Oc1cccnc1)C(=O)O.O=C(O)C(F)(F)F. The van der Waals surface area contributed by atoms with Gasteiger partial charge >= 0.3 is 24.2 Å². The Morgan fingerprint density at radius 2 is 1.83 bits per heavy atom. The summed E-state index contributed by atoms with van der Waals surface area (Å²) in [7, 11) is 0. The number of carbonyl (C=O) groups excluding carboxylic acids is 2. The van der Waals surface area contributed by atoms with Gasteiger partial charge < -0.3 is 29.9 Å². The molecule has 3 atom stereocenters. The molecule has 42 heavy (non-hydrogen) atoms. The number of carboxylic acids is 2. The molecule has 1 unspecified atom stereocenters. The molecule has 0 bridgehead atoms. The number of benzene rings is 1. The number of ether oxygens (including phenoxy) is 2. The van der Waals surface area contributed by atoms with E-state index in [1.165, 1.54) is 18.0 Å². The molecular formula is C27H32F3N3O8S. The van der Waals surface area contributed by atoms with Crippen LogP contribution in [0.4, 0.5) is 18.0 Å². The second-order valence-corrected chi connectivity index (χ2v) is 10.0. The third kappa shape index (κ3) is 11.9. The molecule has 0 saturated carbocycles. The predicted molar refractivity (Wildman–Crippen MR) is 146 cm³/mol. The van der Waals surface area contributed by atoms with E-state index in [0.717, 1.165) is 12.0 Å². The molecule has 0 aliphatic carbocycles. The molecule has 1 aliphatic heterocycles. The zero-order valence-corrected chi connectivity index (χ0v) is 23.5. The second kappa shape index (κ2) is 17.2. The lowest BCUT2D eigenvalue weighted by Crippen LogP contribution is -2.48. The number of halogens is 3. The van der Waals surface area contributed by atoms with Gasteiger partial charge in [-0.2, -0.15) is 24.9 Å². The lowest BCUT2D eigenvalue weighted by Gasteiger charge is -2.26. The van der Waals surface area contributed by atoms with Gasteiger partial charge in [0.25, 0.3) is 0 Å². The molecule has 2 heterocycles. The predicted octanol–water partition coefficient (Wildman–Crippen LogP) is 3.63. The van der Waals surface area contributed by atoms with Crippen LogP contribution in [0.5, 0.6) is 5.75 Å². The molecule has 1 saturated heterocycles. The first-order valence-electron chi connectivity index (χ1n) is 12.8. The number of aromatic nitrogens is 1. The number of carboxylic acid groups (broad SMARTS) is 2. The fourth-order valence-corrected chi connectivity index (χ4v) is 4.33. The van der Waals surface area contributed by atoms with Gasteiger partial charge in [0.2, 0.25) is 5.91 Å². The van der Waals surface area contributed by atoms with E-state index in [1.807, 2.05) is 36.6 Å². The number of likely N-dealkylation sites (tertiary alicyclic amines) is 1. The number of aliphatic carboxylic acids is 2. The number of pyridine rings is 1. The van der Waals surface area contributed by atoms with Crippen molar-refractivity contribution in [3.8, 4) is 5.75 Å². The molecule has 2 aromatic rings. The summed E-state index contributed by atoms with van der Waals surface area (Å²) < 4.78 is 43.2. The van der Waals surface area contributed by atoms with E-state index in [0.29, 0.717) is 30.9 Å². The van der Waals surface area contributed by atoms with Crippen LogP contribution in [0.25, 0.3) is 0 Å². The van der Waals surface area contributed by atoms with Crippen LogP contribution in [-0.4, -0.2) is 93.6 Å². The molecule has 230 valence electrons. The van der Waals surface area contributed by atoms with Crippen molar-refractivity contribution in [3.63, 3.8) is 0 Å². The summed E-state index contributed by atoms with van der Waals surface area (Å²) in [6, 6.07) is 11.5. The number of amides is 2. The van der Waals surface area contributed by atoms with Gasteiger partial charge in [0.15, 0.2) is 5.75 Å². The number of thioether (sulfide) groups is 1. The normalized spacial score (nSPS) is 16.0. The first-order valence-corrected chi connectivity index (χ1v) is 14.2. The first kappa shape index (κ1) is 34.4. The van der Waals surface area contributed by atoms with Gasteiger partial charge in [-0.1, -0.05) is 30.3 Å². The van der Waals surface area contributed by atoms with Crippen molar-refractivity contribution in [3.05, 3.63) is 60.4 Å². The minimum atomic E-state index is -5.08. The fraction of sp³-hybridized carbons (Fsp3) is 0.444. The van der Waals surface area contributed by atoms with E-state index in [1.54, 1.807) is 23.2 Å². The number of hydrogen-bond donors (Lipinski definition) is 3. The van der Waals surface area contributed by atoms with Gasteiger partial charge in [0.1, 0.15) is 12.1 Å². The third-order valence-electron chi connectivity index (χ3n) is 5.97. The Hall–Kier alpha value is -3.85. The lowest BCUT2D eigenvalue weighted by molar-refractivity contribution is -0.192. The van der Waals surface area contributed by atoms with E-state index in [2.05, 4.69) is 10.3 Å². The summed E-state index contributed by atoms with van der Waals surface area (Å²) in [6.45, 7) is 0.661. The molecule has 15 heteroatoms.